The minimum atomic E-state index is -0.251. The minimum absolute atomic E-state index is 0.160. The normalized spacial score (nSPS) is 14.9. The second kappa shape index (κ2) is 12.4. The summed E-state index contributed by atoms with van der Waals surface area (Å²) >= 11 is 6.14. The van der Waals surface area contributed by atoms with Crippen molar-refractivity contribution in [1.82, 2.24) is 25.1 Å². The van der Waals surface area contributed by atoms with Gasteiger partial charge in [-0.25, -0.2) is 4.98 Å². The van der Waals surface area contributed by atoms with E-state index in [-0.39, 0.29) is 11.8 Å². The van der Waals surface area contributed by atoms with E-state index in [4.69, 9.17) is 16.6 Å². The summed E-state index contributed by atoms with van der Waals surface area (Å²) in [5.41, 5.74) is 6.59. The number of amides is 1. The van der Waals surface area contributed by atoms with Crippen LogP contribution in [-0.4, -0.2) is 78.5 Å². The topological polar surface area (TPSA) is 67.5 Å². The number of aromatic nitrogens is 2. The maximum Gasteiger partial charge on any atom is 0.231 e. The number of anilines is 1. The van der Waals surface area contributed by atoms with Gasteiger partial charge in [0.25, 0.3) is 0 Å². The highest BCUT2D eigenvalue weighted by atomic mass is 35.5. The van der Waals surface area contributed by atoms with Gasteiger partial charge in [-0.05, 0) is 55.1 Å². The Morgan fingerprint density at radius 1 is 1.07 bits per heavy atom. The number of hydrogen-bond acceptors (Lipinski definition) is 5. The lowest BCUT2D eigenvalue weighted by atomic mass is 9.96. The summed E-state index contributed by atoms with van der Waals surface area (Å²) in [5, 5.41) is 5.25. The molecule has 0 spiro atoms. The van der Waals surface area contributed by atoms with E-state index in [9.17, 15) is 4.79 Å². The van der Waals surface area contributed by atoms with Crippen LogP contribution in [0.2, 0.25) is 5.02 Å². The fourth-order valence-corrected chi connectivity index (χ4v) is 5.64. The molecule has 2 aromatic heterocycles. The van der Waals surface area contributed by atoms with Crippen molar-refractivity contribution in [3.63, 3.8) is 0 Å². The van der Waals surface area contributed by atoms with E-state index in [0.29, 0.717) is 30.7 Å². The standard InChI is InChI=1S/C32H39ClN6O/c1-22(2)35-20-29(24-8-10-26(33)11-9-24)32(40)39-16-14-38(15-17-39)30-27-12-13-34-31(27)36-19-28(30)25-7-5-6-23(18-25)21-37(3)4/h5-13,18-19,22,29,35H,14-17,20-21H2,1-4H3,(H,34,36). The largest absolute Gasteiger partial charge is 0.367 e. The smallest absolute Gasteiger partial charge is 0.231 e. The molecule has 1 aliphatic rings. The maximum atomic E-state index is 13.8. The third kappa shape index (κ3) is 6.33. The molecule has 1 amide bonds. The fourth-order valence-electron chi connectivity index (χ4n) is 5.52. The highest BCUT2D eigenvalue weighted by Crippen LogP contribution is 2.37. The first-order chi connectivity index (χ1) is 19.3. The summed E-state index contributed by atoms with van der Waals surface area (Å²) in [4.78, 5) is 28.5. The highest BCUT2D eigenvalue weighted by molar-refractivity contribution is 6.30. The molecule has 1 aliphatic heterocycles. The number of rotatable bonds is 9. The molecular weight excluding hydrogens is 520 g/mol. The predicted molar refractivity (Wildman–Crippen MR) is 165 cm³/mol. The zero-order valence-electron chi connectivity index (χ0n) is 23.8. The van der Waals surface area contributed by atoms with Crippen molar-refractivity contribution in [1.29, 1.82) is 0 Å². The van der Waals surface area contributed by atoms with E-state index in [0.717, 1.165) is 47.4 Å². The monoisotopic (exact) mass is 558 g/mol. The van der Waals surface area contributed by atoms with Gasteiger partial charge in [-0.15, -0.1) is 0 Å². The van der Waals surface area contributed by atoms with Crippen molar-refractivity contribution in [2.24, 2.45) is 0 Å². The van der Waals surface area contributed by atoms with Gasteiger partial charge in [0.1, 0.15) is 5.65 Å². The van der Waals surface area contributed by atoms with Crippen LogP contribution in [0.1, 0.15) is 30.9 Å². The van der Waals surface area contributed by atoms with Crippen LogP contribution in [0, 0.1) is 0 Å². The molecule has 8 heteroatoms. The summed E-state index contributed by atoms with van der Waals surface area (Å²) in [6, 6.07) is 18.8. The second-order valence-corrected chi connectivity index (χ2v) is 11.6. The number of carbonyl (C=O) groups is 1. The van der Waals surface area contributed by atoms with E-state index in [1.165, 1.54) is 11.3 Å². The van der Waals surface area contributed by atoms with E-state index in [1.807, 2.05) is 41.6 Å². The first kappa shape index (κ1) is 28.1. The van der Waals surface area contributed by atoms with Gasteiger partial charge < -0.3 is 25.0 Å². The molecule has 0 bridgehead atoms. The number of halogens is 1. The van der Waals surface area contributed by atoms with Crippen LogP contribution in [0.15, 0.2) is 67.0 Å². The van der Waals surface area contributed by atoms with Crippen molar-refractivity contribution in [2.45, 2.75) is 32.4 Å². The molecule has 210 valence electrons. The number of nitrogens with one attached hydrogen (secondary N) is 2. The lowest BCUT2D eigenvalue weighted by Crippen LogP contribution is -2.51. The number of benzene rings is 2. The Bertz CT molecular complexity index is 1440. The molecule has 3 heterocycles. The third-order valence-corrected chi connectivity index (χ3v) is 7.76. The molecule has 2 N–H and O–H groups in total. The van der Waals surface area contributed by atoms with Gasteiger partial charge in [0, 0.05) is 73.7 Å². The summed E-state index contributed by atoms with van der Waals surface area (Å²) < 4.78 is 0. The molecule has 1 atom stereocenters. The quantitative estimate of drug-likeness (QED) is 0.289. The van der Waals surface area contributed by atoms with Crippen molar-refractivity contribution in [2.75, 3.05) is 51.7 Å². The Morgan fingerprint density at radius 2 is 1.82 bits per heavy atom. The summed E-state index contributed by atoms with van der Waals surface area (Å²) in [6.07, 6.45) is 3.93. The average Bonchev–Trinajstić information content (AvgIpc) is 3.42. The van der Waals surface area contributed by atoms with Crippen molar-refractivity contribution >= 4 is 34.2 Å². The predicted octanol–water partition coefficient (Wildman–Crippen LogP) is 5.38. The number of fused-ring (bicyclic) bond motifs is 1. The zero-order valence-corrected chi connectivity index (χ0v) is 24.6. The Morgan fingerprint density at radius 3 is 2.52 bits per heavy atom. The molecule has 7 nitrogen and oxygen atoms in total. The maximum absolute atomic E-state index is 13.8. The van der Waals surface area contributed by atoms with Crippen LogP contribution in [0.3, 0.4) is 0 Å². The van der Waals surface area contributed by atoms with E-state index in [1.54, 1.807) is 0 Å². The Hall–Kier alpha value is -3.39. The lowest BCUT2D eigenvalue weighted by molar-refractivity contribution is -0.133. The Balaban J connectivity index is 1.39. The SMILES string of the molecule is CC(C)NCC(C(=O)N1CCN(c2c(-c3cccc(CN(C)C)c3)cnc3[nH]ccc23)CC1)c1ccc(Cl)cc1. The molecule has 5 rings (SSSR count). The molecule has 1 fully saturated rings. The average molecular weight is 559 g/mol. The minimum Gasteiger partial charge on any atom is -0.367 e. The van der Waals surface area contributed by atoms with Crippen LogP contribution in [0.5, 0.6) is 0 Å². The zero-order chi connectivity index (χ0) is 28.2. The summed E-state index contributed by atoms with van der Waals surface area (Å²) in [7, 11) is 4.17. The summed E-state index contributed by atoms with van der Waals surface area (Å²) in [5.74, 6) is -0.0910. The number of pyridine rings is 1. The number of nitrogens with zero attached hydrogens (tertiary/aromatic N) is 4. The Kier molecular flexibility index (Phi) is 8.74. The lowest BCUT2D eigenvalue weighted by Gasteiger charge is -2.38. The van der Waals surface area contributed by atoms with Gasteiger partial charge in [-0.2, -0.15) is 0 Å². The first-order valence-corrected chi connectivity index (χ1v) is 14.4. The van der Waals surface area contributed by atoms with Crippen LogP contribution in [-0.2, 0) is 11.3 Å². The first-order valence-electron chi connectivity index (χ1n) is 14.0. The van der Waals surface area contributed by atoms with Crippen molar-refractivity contribution in [3.05, 3.63) is 83.1 Å². The van der Waals surface area contributed by atoms with Crippen LogP contribution >= 0.6 is 11.6 Å². The number of carbonyl (C=O) groups excluding carboxylic acids is 1. The third-order valence-electron chi connectivity index (χ3n) is 7.50. The molecule has 4 aromatic rings. The molecule has 40 heavy (non-hydrogen) atoms. The van der Waals surface area contributed by atoms with Crippen LogP contribution in [0.25, 0.3) is 22.2 Å². The van der Waals surface area contributed by atoms with E-state index in [2.05, 4.69) is 78.4 Å². The van der Waals surface area contributed by atoms with Crippen molar-refractivity contribution < 1.29 is 4.79 Å². The molecule has 1 unspecified atom stereocenters. The van der Waals surface area contributed by atoms with Crippen LogP contribution in [0.4, 0.5) is 5.69 Å². The van der Waals surface area contributed by atoms with Gasteiger partial charge in [-0.1, -0.05) is 55.8 Å². The second-order valence-electron chi connectivity index (χ2n) is 11.2. The summed E-state index contributed by atoms with van der Waals surface area (Å²) in [6.45, 7) is 8.53. The fraction of sp³-hybridized carbons (Fsp3) is 0.375. The van der Waals surface area contributed by atoms with Crippen LogP contribution < -0.4 is 10.2 Å². The van der Waals surface area contributed by atoms with Gasteiger partial charge >= 0.3 is 0 Å². The molecule has 0 radical (unpaired) electrons. The van der Waals surface area contributed by atoms with Crippen molar-refractivity contribution in [3.8, 4) is 11.1 Å². The molecule has 0 aliphatic carbocycles. The number of aromatic amines is 1. The molecular formula is C32H39ClN6O. The van der Waals surface area contributed by atoms with Gasteiger partial charge in [0.2, 0.25) is 5.91 Å². The molecule has 0 saturated carbocycles. The molecule has 1 saturated heterocycles. The number of H-pyrrole nitrogens is 1. The van der Waals surface area contributed by atoms with Gasteiger partial charge in [0.05, 0.1) is 11.6 Å². The van der Waals surface area contributed by atoms with E-state index >= 15 is 0 Å². The van der Waals surface area contributed by atoms with E-state index < -0.39 is 0 Å². The molecule has 2 aromatic carbocycles. The highest BCUT2D eigenvalue weighted by Gasteiger charge is 2.30. The van der Waals surface area contributed by atoms with Gasteiger partial charge in [-0.3, -0.25) is 4.79 Å². The Labute approximate surface area is 242 Å². The van der Waals surface area contributed by atoms with Gasteiger partial charge in [0.15, 0.2) is 0 Å². The number of piperazine rings is 1. The number of hydrogen-bond donors (Lipinski definition) is 2.